The van der Waals surface area contributed by atoms with Gasteiger partial charge in [0.15, 0.2) is 0 Å². The lowest BCUT2D eigenvalue weighted by Crippen LogP contribution is -2.27. The fourth-order valence-corrected chi connectivity index (χ4v) is 5.17. The van der Waals surface area contributed by atoms with Crippen molar-refractivity contribution in [2.24, 2.45) is 11.8 Å². The second-order valence-electron chi connectivity index (χ2n) is 10.5. The zero-order valence-electron chi connectivity index (χ0n) is 21.0. The molecule has 0 bridgehead atoms. The van der Waals surface area contributed by atoms with Crippen LogP contribution in [0, 0.1) is 11.8 Å². The maximum atomic E-state index is 2.48. The number of rotatable bonds is 22. The van der Waals surface area contributed by atoms with E-state index in [0.717, 1.165) is 17.9 Å². The van der Waals surface area contributed by atoms with Gasteiger partial charge in [0.05, 0.1) is 0 Å². The topological polar surface area (TPSA) is 3.24 Å². The van der Waals surface area contributed by atoms with Crippen molar-refractivity contribution in [2.75, 3.05) is 14.1 Å². The number of hydrogen-bond acceptors (Lipinski definition) is 1. The smallest absolute Gasteiger partial charge is 0.00891 e. The quantitative estimate of drug-likeness (QED) is 0.161. The van der Waals surface area contributed by atoms with Crippen LogP contribution in [0.5, 0.6) is 0 Å². The first-order chi connectivity index (χ1) is 14.2. The van der Waals surface area contributed by atoms with Crippen molar-refractivity contribution in [3.8, 4) is 0 Å². The molecule has 0 saturated heterocycles. The minimum absolute atomic E-state index is 0.825. The van der Waals surface area contributed by atoms with Gasteiger partial charge in [0, 0.05) is 6.04 Å². The molecule has 0 aromatic rings. The van der Waals surface area contributed by atoms with E-state index < -0.39 is 0 Å². The van der Waals surface area contributed by atoms with E-state index in [1.54, 1.807) is 19.3 Å². The van der Waals surface area contributed by atoms with Crippen molar-refractivity contribution in [3.05, 3.63) is 0 Å². The Labute approximate surface area is 185 Å². The molecule has 3 unspecified atom stereocenters. The molecule has 0 amide bonds. The van der Waals surface area contributed by atoms with Crippen molar-refractivity contribution in [3.63, 3.8) is 0 Å². The summed E-state index contributed by atoms with van der Waals surface area (Å²) in [6.07, 6.45) is 30.8. The van der Waals surface area contributed by atoms with Crippen LogP contribution in [0.15, 0.2) is 0 Å². The minimum Gasteiger partial charge on any atom is -0.306 e. The highest BCUT2D eigenvalue weighted by molar-refractivity contribution is 4.85. The second-order valence-corrected chi connectivity index (χ2v) is 10.5. The molecule has 0 aliphatic heterocycles. The Kier molecular flexibility index (Phi) is 17.4. The summed E-state index contributed by atoms with van der Waals surface area (Å²) in [6, 6.07) is 0.825. The van der Waals surface area contributed by atoms with Crippen molar-refractivity contribution in [2.45, 2.75) is 155 Å². The van der Waals surface area contributed by atoms with Gasteiger partial charge in [0.2, 0.25) is 0 Å². The standard InChI is InChI=1S/C28H57N/c1-5-7-9-11-14-17-21-26-25-27(26)22-18-15-12-16-20-24-28(29(3)4)23-19-13-10-8-6-2/h26-28H,5-25H2,1-4H3. The molecule has 0 aromatic carbocycles. The van der Waals surface area contributed by atoms with Crippen LogP contribution in [0.25, 0.3) is 0 Å². The van der Waals surface area contributed by atoms with Crippen LogP contribution < -0.4 is 0 Å². The van der Waals surface area contributed by atoms with Crippen LogP contribution in [0.4, 0.5) is 0 Å². The van der Waals surface area contributed by atoms with Crippen molar-refractivity contribution >= 4 is 0 Å². The molecule has 29 heavy (non-hydrogen) atoms. The van der Waals surface area contributed by atoms with E-state index in [2.05, 4.69) is 32.8 Å². The molecular formula is C28H57N. The molecule has 3 atom stereocenters. The first-order valence-electron chi connectivity index (χ1n) is 13.8. The minimum atomic E-state index is 0.825. The van der Waals surface area contributed by atoms with Gasteiger partial charge < -0.3 is 4.90 Å². The SMILES string of the molecule is CCCCCCCCC1CC1CCCCCCCC(CCCCCCC)N(C)C. The third-order valence-corrected chi connectivity index (χ3v) is 7.48. The van der Waals surface area contributed by atoms with Gasteiger partial charge in [-0.05, 0) is 45.2 Å². The zero-order valence-corrected chi connectivity index (χ0v) is 21.0. The van der Waals surface area contributed by atoms with Crippen LogP contribution in [0.3, 0.4) is 0 Å². The Bertz CT molecular complexity index is 337. The van der Waals surface area contributed by atoms with Crippen LogP contribution >= 0.6 is 0 Å². The third-order valence-electron chi connectivity index (χ3n) is 7.48. The number of unbranched alkanes of at least 4 members (excludes halogenated alkanes) is 13. The lowest BCUT2D eigenvalue weighted by Gasteiger charge is -2.24. The summed E-state index contributed by atoms with van der Waals surface area (Å²) >= 11 is 0. The molecule has 1 aliphatic rings. The summed E-state index contributed by atoms with van der Waals surface area (Å²) in [4.78, 5) is 2.48. The second kappa shape index (κ2) is 18.7. The Morgan fingerprint density at radius 1 is 0.552 bits per heavy atom. The summed E-state index contributed by atoms with van der Waals surface area (Å²) < 4.78 is 0. The van der Waals surface area contributed by atoms with Crippen LogP contribution in [-0.2, 0) is 0 Å². The summed E-state index contributed by atoms with van der Waals surface area (Å²) in [7, 11) is 4.57. The van der Waals surface area contributed by atoms with Crippen LogP contribution in [0.2, 0.25) is 0 Å². The molecule has 0 radical (unpaired) electrons. The Morgan fingerprint density at radius 2 is 0.931 bits per heavy atom. The van der Waals surface area contributed by atoms with E-state index in [4.69, 9.17) is 0 Å². The first-order valence-corrected chi connectivity index (χ1v) is 13.8. The molecule has 1 fully saturated rings. The molecule has 1 heteroatoms. The normalized spacial score (nSPS) is 19.8. The molecule has 0 heterocycles. The molecule has 0 N–H and O–H groups in total. The average molecular weight is 408 g/mol. The predicted octanol–water partition coefficient (Wildman–Crippen LogP) is 9.39. The summed E-state index contributed by atoms with van der Waals surface area (Å²) in [5.74, 6) is 2.25. The van der Waals surface area contributed by atoms with Gasteiger partial charge in [-0.3, -0.25) is 0 Å². The first kappa shape index (κ1) is 27.0. The van der Waals surface area contributed by atoms with Gasteiger partial charge >= 0.3 is 0 Å². The van der Waals surface area contributed by atoms with Crippen molar-refractivity contribution < 1.29 is 0 Å². The summed E-state index contributed by atoms with van der Waals surface area (Å²) in [5, 5.41) is 0. The maximum Gasteiger partial charge on any atom is 0.00891 e. The van der Waals surface area contributed by atoms with Gasteiger partial charge in [0.25, 0.3) is 0 Å². The van der Waals surface area contributed by atoms with E-state index >= 15 is 0 Å². The fraction of sp³-hybridized carbons (Fsp3) is 1.00. The monoisotopic (exact) mass is 407 g/mol. The molecule has 1 saturated carbocycles. The van der Waals surface area contributed by atoms with E-state index in [0.29, 0.717) is 0 Å². The average Bonchev–Trinajstić information content (AvgIpc) is 3.46. The molecule has 0 spiro atoms. The Hall–Kier alpha value is -0.0400. The van der Waals surface area contributed by atoms with E-state index in [1.165, 1.54) is 116 Å². The summed E-state index contributed by atoms with van der Waals surface area (Å²) in [6.45, 7) is 4.62. The summed E-state index contributed by atoms with van der Waals surface area (Å²) in [5.41, 5.74) is 0. The Morgan fingerprint density at radius 3 is 1.34 bits per heavy atom. The van der Waals surface area contributed by atoms with Crippen LogP contribution in [0.1, 0.15) is 149 Å². The largest absolute Gasteiger partial charge is 0.306 e. The maximum absolute atomic E-state index is 2.48. The lowest BCUT2D eigenvalue weighted by molar-refractivity contribution is 0.251. The predicted molar refractivity (Wildman–Crippen MR) is 133 cm³/mol. The molecule has 1 aliphatic carbocycles. The van der Waals surface area contributed by atoms with E-state index in [1.807, 2.05) is 0 Å². The zero-order chi connectivity index (χ0) is 21.2. The van der Waals surface area contributed by atoms with Gasteiger partial charge in [-0.15, -0.1) is 0 Å². The molecular weight excluding hydrogens is 350 g/mol. The third kappa shape index (κ3) is 15.4. The van der Waals surface area contributed by atoms with Crippen molar-refractivity contribution in [1.82, 2.24) is 4.90 Å². The van der Waals surface area contributed by atoms with Gasteiger partial charge in [0.1, 0.15) is 0 Å². The number of nitrogens with zero attached hydrogens (tertiary/aromatic N) is 1. The van der Waals surface area contributed by atoms with E-state index in [-0.39, 0.29) is 0 Å². The number of hydrogen-bond donors (Lipinski definition) is 0. The fourth-order valence-electron chi connectivity index (χ4n) is 5.17. The molecule has 174 valence electrons. The molecule has 1 rings (SSSR count). The highest BCUT2D eigenvalue weighted by atomic mass is 15.1. The lowest BCUT2D eigenvalue weighted by atomic mass is 9.99. The van der Waals surface area contributed by atoms with Gasteiger partial charge in [-0.2, -0.15) is 0 Å². The van der Waals surface area contributed by atoms with Gasteiger partial charge in [-0.25, -0.2) is 0 Å². The van der Waals surface area contributed by atoms with E-state index in [9.17, 15) is 0 Å². The van der Waals surface area contributed by atoms with Crippen molar-refractivity contribution in [1.29, 1.82) is 0 Å². The highest BCUT2D eigenvalue weighted by Gasteiger charge is 2.34. The van der Waals surface area contributed by atoms with Gasteiger partial charge in [-0.1, -0.05) is 129 Å². The highest BCUT2D eigenvalue weighted by Crippen LogP contribution is 2.45. The molecule has 1 nitrogen and oxygen atoms in total. The molecule has 0 aromatic heterocycles. The van der Waals surface area contributed by atoms with Crippen LogP contribution in [-0.4, -0.2) is 25.0 Å². The Balaban J connectivity index is 1.87.